The smallest absolute Gasteiger partial charge is 0.379 e. The maximum atomic E-state index is 12.5. The van der Waals surface area contributed by atoms with E-state index in [9.17, 15) is 18.0 Å². The van der Waals surface area contributed by atoms with Gasteiger partial charge in [0.15, 0.2) is 0 Å². The van der Waals surface area contributed by atoms with Crippen molar-refractivity contribution in [2.45, 2.75) is 40.4 Å². The summed E-state index contributed by atoms with van der Waals surface area (Å²) in [5, 5.41) is 3.98. The minimum absolute atomic E-state index is 0.0914. The third-order valence-corrected chi connectivity index (χ3v) is 2.76. The summed E-state index contributed by atoms with van der Waals surface area (Å²) in [4.78, 5) is 11.3. The normalized spacial score (nSPS) is 12.2. The third kappa shape index (κ3) is 4.06. The van der Waals surface area contributed by atoms with E-state index in [0.29, 0.717) is 25.7 Å². The molecule has 4 nitrogen and oxygen atoms in total. The Morgan fingerprint density at radius 1 is 1.35 bits per heavy atom. The lowest BCUT2D eigenvalue weighted by Crippen LogP contribution is -2.24. The lowest BCUT2D eigenvalue weighted by atomic mass is 10.1. The quantitative estimate of drug-likeness (QED) is 0.598. The highest BCUT2D eigenvalue weighted by atomic mass is 19.4. The van der Waals surface area contributed by atoms with E-state index >= 15 is 0 Å². The van der Waals surface area contributed by atoms with Crippen molar-refractivity contribution in [1.82, 2.24) is 9.78 Å². The molecule has 20 heavy (non-hydrogen) atoms. The molecule has 0 fully saturated rings. The van der Waals surface area contributed by atoms with Crippen LogP contribution in [0.1, 0.15) is 35.6 Å². The first-order chi connectivity index (χ1) is 9.14. The van der Waals surface area contributed by atoms with Crippen LogP contribution in [0.15, 0.2) is 0 Å². The number of nitrogens with zero attached hydrogens (tertiary/aromatic N) is 2. The first-order valence-corrected chi connectivity index (χ1v) is 6.37. The molecule has 7 heteroatoms. The van der Waals surface area contributed by atoms with Crippen LogP contribution in [0.4, 0.5) is 13.2 Å². The van der Waals surface area contributed by atoms with Crippen LogP contribution in [-0.2, 0) is 11.3 Å². The number of hydrogen-bond donors (Lipinski definition) is 0. The molecule has 0 amide bonds. The Morgan fingerprint density at radius 3 is 2.45 bits per heavy atom. The maximum absolute atomic E-state index is 12.5. The predicted molar refractivity (Wildman–Crippen MR) is 67.7 cm³/mol. The molecule has 0 aliphatic carbocycles. The van der Waals surface area contributed by atoms with Crippen molar-refractivity contribution in [2.24, 2.45) is 5.92 Å². The molecule has 0 unspecified atom stereocenters. The summed E-state index contributed by atoms with van der Waals surface area (Å²) in [7, 11) is 0. The van der Waals surface area contributed by atoms with Gasteiger partial charge in [-0.1, -0.05) is 13.8 Å². The maximum Gasteiger partial charge on any atom is 0.455 e. The topological polar surface area (TPSA) is 44.1 Å². The van der Waals surface area contributed by atoms with Crippen LogP contribution in [0.2, 0.25) is 0 Å². The fraction of sp³-hybridized carbons (Fsp3) is 0.692. The number of aromatic nitrogens is 2. The number of halogens is 3. The first kappa shape index (κ1) is 16.7. The average molecular weight is 292 g/mol. The van der Waals surface area contributed by atoms with E-state index in [1.54, 1.807) is 0 Å². The molecule has 1 aromatic rings. The average Bonchev–Trinajstić information content (AvgIpc) is 2.58. The zero-order valence-corrected chi connectivity index (χ0v) is 12.0. The molecule has 0 N–H and O–H groups in total. The van der Waals surface area contributed by atoms with E-state index in [4.69, 9.17) is 4.74 Å². The Balaban J connectivity index is 2.79. The Labute approximate surface area is 115 Å². The lowest BCUT2D eigenvalue weighted by molar-refractivity contribution is -0.0886. The van der Waals surface area contributed by atoms with Crippen LogP contribution in [0.25, 0.3) is 0 Å². The Hall–Kier alpha value is -1.37. The standard InChI is InChI=1S/C13H19F3N2O2/c1-8(2)7-20-6-5-18-10(4)11(9(3)17-18)12(19)13(14,15)16/h8H,5-7H2,1-4H3. The number of carbonyl (C=O) groups excluding carboxylic acids is 1. The summed E-state index contributed by atoms with van der Waals surface area (Å²) in [6, 6.07) is 0. The van der Waals surface area contributed by atoms with Gasteiger partial charge in [-0.05, 0) is 19.8 Å². The SMILES string of the molecule is Cc1nn(CCOCC(C)C)c(C)c1C(=O)C(F)(F)F. The molecule has 1 heterocycles. The number of aryl methyl sites for hydroxylation is 1. The molecule has 114 valence electrons. The monoisotopic (exact) mass is 292 g/mol. The number of carbonyl (C=O) groups is 1. The molecular formula is C13H19F3N2O2. The third-order valence-electron chi connectivity index (χ3n) is 2.76. The van der Waals surface area contributed by atoms with Crippen LogP contribution in [0.3, 0.4) is 0 Å². The highest BCUT2D eigenvalue weighted by Crippen LogP contribution is 2.25. The van der Waals surface area contributed by atoms with Gasteiger partial charge >= 0.3 is 6.18 Å². The van der Waals surface area contributed by atoms with Crippen molar-refractivity contribution in [3.63, 3.8) is 0 Å². The minimum atomic E-state index is -4.88. The van der Waals surface area contributed by atoms with Crippen LogP contribution in [0.5, 0.6) is 0 Å². The van der Waals surface area contributed by atoms with Crippen molar-refractivity contribution in [2.75, 3.05) is 13.2 Å². The largest absolute Gasteiger partial charge is 0.455 e. The van der Waals surface area contributed by atoms with Gasteiger partial charge in [0, 0.05) is 12.3 Å². The van der Waals surface area contributed by atoms with Gasteiger partial charge in [0.1, 0.15) is 0 Å². The fourth-order valence-corrected chi connectivity index (χ4v) is 1.86. The van der Waals surface area contributed by atoms with Gasteiger partial charge in [-0.2, -0.15) is 18.3 Å². The summed E-state index contributed by atoms with van der Waals surface area (Å²) in [5.41, 5.74) is -0.0481. The minimum Gasteiger partial charge on any atom is -0.379 e. The van der Waals surface area contributed by atoms with E-state index in [0.717, 1.165) is 0 Å². The molecule has 0 spiro atoms. The van der Waals surface area contributed by atoms with Gasteiger partial charge in [0.25, 0.3) is 5.78 Å². The second kappa shape index (κ2) is 6.39. The van der Waals surface area contributed by atoms with Gasteiger partial charge in [-0.25, -0.2) is 0 Å². The molecule has 0 atom stereocenters. The molecular weight excluding hydrogens is 273 g/mol. The summed E-state index contributed by atoms with van der Waals surface area (Å²) in [5.74, 6) is -1.46. The molecule has 0 saturated carbocycles. The van der Waals surface area contributed by atoms with E-state index in [1.807, 2.05) is 13.8 Å². The number of ketones is 1. The Morgan fingerprint density at radius 2 is 1.95 bits per heavy atom. The molecule has 0 aromatic carbocycles. The first-order valence-electron chi connectivity index (χ1n) is 6.37. The van der Waals surface area contributed by atoms with Crippen molar-refractivity contribution in [3.05, 3.63) is 17.0 Å². The summed E-state index contributed by atoms with van der Waals surface area (Å²) in [6.07, 6.45) is -4.88. The highest BCUT2D eigenvalue weighted by Gasteiger charge is 2.42. The van der Waals surface area contributed by atoms with Crippen molar-refractivity contribution < 1.29 is 22.7 Å². The van der Waals surface area contributed by atoms with E-state index in [2.05, 4.69) is 5.10 Å². The van der Waals surface area contributed by atoms with Gasteiger partial charge in [-0.3, -0.25) is 9.48 Å². The zero-order valence-electron chi connectivity index (χ0n) is 12.0. The summed E-state index contributed by atoms with van der Waals surface area (Å²) >= 11 is 0. The van der Waals surface area contributed by atoms with Crippen LogP contribution in [-0.4, -0.2) is 35.0 Å². The molecule has 0 saturated heterocycles. The second-order valence-electron chi connectivity index (χ2n) is 5.06. The van der Waals surface area contributed by atoms with Gasteiger partial charge in [0.05, 0.1) is 24.4 Å². The van der Waals surface area contributed by atoms with E-state index in [1.165, 1.54) is 18.5 Å². The van der Waals surface area contributed by atoms with Gasteiger partial charge in [-0.15, -0.1) is 0 Å². The lowest BCUT2D eigenvalue weighted by Gasteiger charge is -2.09. The van der Waals surface area contributed by atoms with Crippen molar-refractivity contribution in [1.29, 1.82) is 0 Å². The molecule has 0 bridgehead atoms. The van der Waals surface area contributed by atoms with Gasteiger partial charge in [0.2, 0.25) is 0 Å². The van der Waals surface area contributed by atoms with E-state index < -0.39 is 12.0 Å². The molecule has 0 radical (unpaired) electrons. The van der Waals surface area contributed by atoms with Crippen LogP contribution < -0.4 is 0 Å². The number of hydrogen-bond acceptors (Lipinski definition) is 3. The molecule has 0 aliphatic heterocycles. The molecule has 1 rings (SSSR count). The highest BCUT2D eigenvalue weighted by molar-refractivity contribution is 6.02. The predicted octanol–water partition coefficient (Wildman–Crippen LogP) is 2.92. The Kier molecular flexibility index (Phi) is 5.33. The number of ether oxygens (including phenoxy) is 1. The van der Waals surface area contributed by atoms with Crippen molar-refractivity contribution >= 4 is 5.78 Å². The van der Waals surface area contributed by atoms with Crippen molar-refractivity contribution in [3.8, 4) is 0 Å². The van der Waals surface area contributed by atoms with Gasteiger partial charge < -0.3 is 4.74 Å². The fourth-order valence-electron chi connectivity index (χ4n) is 1.86. The summed E-state index contributed by atoms with van der Waals surface area (Å²) < 4.78 is 44.2. The second-order valence-corrected chi connectivity index (χ2v) is 5.06. The van der Waals surface area contributed by atoms with Crippen LogP contribution >= 0.6 is 0 Å². The number of alkyl halides is 3. The zero-order chi connectivity index (χ0) is 15.5. The van der Waals surface area contributed by atoms with Crippen LogP contribution in [0, 0.1) is 19.8 Å². The number of rotatable bonds is 6. The Bertz CT molecular complexity index is 479. The number of Topliss-reactive ketones (excluding diaryl/α,β-unsaturated/α-hetero) is 1. The summed E-state index contributed by atoms with van der Waals surface area (Å²) in [6.45, 7) is 8.11. The van der Waals surface area contributed by atoms with E-state index in [-0.39, 0.29) is 17.0 Å². The molecule has 1 aromatic heterocycles. The molecule has 0 aliphatic rings.